The summed E-state index contributed by atoms with van der Waals surface area (Å²) in [5.41, 5.74) is 1.22. The van der Waals surface area contributed by atoms with Crippen LogP contribution in [0.5, 0.6) is 0 Å². The molecule has 0 radical (unpaired) electrons. The standard InChI is InChI=1S/C15H29NO3/c1-3-9-17-10-4-15(2)5-11-18-12-6-16-7-13-19-14-8-16/h2-14H2,1H3. The fraction of sp³-hybridized carbons (Fsp3) is 0.867. The monoisotopic (exact) mass is 271 g/mol. The summed E-state index contributed by atoms with van der Waals surface area (Å²) in [5.74, 6) is 0. The van der Waals surface area contributed by atoms with Crippen LogP contribution in [0.4, 0.5) is 0 Å². The van der Waals surface area contributed by atoms with Gasteiger partial charge in [0.25, 0.3) is 0 Å². The van der Waals surface area contributed by atoms with Crippen LogP contribution in [0, 0.1) is 0 Å². The molecule has 0 unspecified atom stereocenters. The minimum atomic E-state index is 0.775. The Kier molecular flexibility index (Phi) is 9.99. The summed E-state index contributed by atoms with van der Waals surface area (Å²) in [6, 6.07) is 0. The lowest BCUT2D eigenvalue weighted by Gasteiger charge is -2.26. The highest BCUT2D eigenvalue weighted by Crippen LogP contribution is 2.04. The molecule has 4 nitrogen and oxygen atoms in total. The number of nitrogens with zero attached hydrogens (tertiary/aromatic N) is 1. The summed E-state index contributed by atoms with van der Waals surface area (Å²) in [5, 5.41) is 0. The van der Waals surface area contributed by atoms with Gasteiger partial charge in [-0.1, -0.05) is 19.1 Å². The number of rotatable bonds is 11. The molecule has 1 aliphatic rings. The smallest absolute Gasteiger partial charge is 0.0594 e. The Morgan fingerprint density at radius 1 is 1.05 bits per heavy atom. The largest absolute Gasteiger partial charge is 0.381 e. The van der Waals surface area contributed by atoms with E-state index in [2.05, 4.69) is 18.4 Å². The van der Waals surface area contributed by atoms with Crippen molar-refractivity contribution in [2.45, 2.75) is 26.2 Å². The molecule has 0 aromatic rings. The maximum absolute atomic E-state index is 5.65. The van der Waals surface area contributed by atoms with Gasteiger partial charge in [0.2, 0.25) is 0 Å². The van der Waals surface area contributed by atoms with Crippen LogP contribution in [-0.2, 0) is 14.2 Å². The molecule has 0 bridgehead atoms. The second-order valence-corrected chi connectivity index (χ2v) is 4.93. The molecule has 1 saturated heterocycles. The molecule has 19 heavy (non-hydrogen) atoms. The third-order valence-corrected chi connectivity index (χ3v) is 3.20. The van der Waals surface area contributed by atoms with Crippen molar-refractivity contribution in [2.24, 2.45) is 0 Å². The second kappa shape index (κ2) is 11.4. The molecule has 0 atom stereocenters. The Morgan fingerprint density at radius 3 is 2.32 bits per heavy atom. The van der Waals surface area contributed by atoms with Crippen LogP contribution in [0.1, 0.15) is 26.2 Å². The van der Waals surface area contributed by atoms with Gasteiger partial charge in [-0.05, 0) is 19.3 Å². The van der Waals surface area contributed by atoms with Crippen LogP contribution in [0.3, 0.4) is 0 Å². The Balaban J connectivity index is 1.85. The molecule has 1 rings (SSSR count). The fourth-order valence-corrected chi connectivity index (χ4v) is 1.92. The Labute approximate surface area is 117 Å². The molecule has 0 saturated carbocycles. The minimum absolute atomic E-state index is 0.775. The second-order valence-electron chi connectivity index (χ2n) is 4.93. The average Bonchev–Trinajstić information content (AvgIpc) is 2.44. The lowest BCUT2D eigenvalue weighted by molar-refractivity contribution is 0.0207. The molecule has 0 aromatic heterocycles. The summed E-state index contributed by atoms with van der Waals surface area (Å²) in [6.07, 6.45) is 2.97. The zero-order chi connectivity index (χ0) is 13.8. The Hall–Kier alpha value is -0.420. The summed E-state index contributed by atoms with van der Waals surface area (Å²) in [6.45, 7) is 14.2. The van der Waals surface area contributed by atoms with Crippen LogP contribution < -0.4 is 0 Å². The molecule has 0 aromatic carbocycles. The lowest BCUT2D eigenvalue weighted by atomic mass is 10.2. The zero-order valence-electron chi connectivity index (χ0n) is 12.4. The third-order valence-electron chi connectivity index (χ3n) is 3.20. The van der Waals surface area contributed by atoms with E-state index in [1.807, 2.05) is 0 Å². The molecular weight excluding hydrogens is 242 g/mol. The van der Waals surface area contributed by atoms with E-state index in [0.717, 1.165) is 78.5 Å². The van der Waals surface area contributed by atoms with Crippen molar-refractivity contribution in [3.63, 3.8) is 0 Å². The van der Waals surface area contributed by atoms with E-state index >= 15 is 0 Å². The number of hydrogen-bond acceptors (Lipinski definition) is 4. The van der Waals surface area contributed by atoms with Gasteiger partial charge in [-0.2, -0.15) is 0 Å². The topological polar surface area (TPSA) is 30.9 Å². The fourth-order valence-electron chi connectivity index (χ4n) is 1.92. The molecule has 0 spiro atoms. The maximum Gasteiger partial charge on any atom is 0.0594 e. The maximum atomic E-state index is 5.65. The van der Waals surface area contributed by atoms with Gasteiger partial charge in [-0.25, -0.2) is 0 Å². The first kappa shape index (κ1) is 16.6. The lowest BCUT2D eigenvalue weighted by Crippen LogP contribution is -2.38. The van der Waals surface area contributed by atoms with Crippen molar-refractivity contribution in [3.05, 3.63) is 12.2 Å². The first-order valence-corrected chi connectivity index (χ1v) is 7.45. The van der Waals surface area contributed by atoms with E-state index in [9.17, 15) is 0 Å². The van der Waals surface area contributed by atoms with Crippen LogP contribution in [0.2, 0.25) is 0 Å². The van der Waals surface area contributed by atoms with Gasteiger partial charge in [0.15, 0.2) is 0 Å². The van der Waals surface area contributed by atoms with Crippen molar-refractivity contribution < 1.29 is 14.2 Å². The Bertz CT molecular complexity index is 227. The zero-order valence-corrected chi connectivity index (χ0v) is 12.4. The van der Waals surface area contributed by atoms with Crippen molar-refractivity contribution >= 4 is 0 Å². The molecule has 0 N–H and O–H groups in total. The number of morpholine rings is 1. The summed E-state index contributed by atoms with van der Waals surface area (Å²) in [4.78, 5) is 2.39. The quantitative estimate of drug-likeness (QED) is 0.425. The average molecular weight is 271 g/mol. The van der Waals surface area contributed by atoms with Crippen molar-refractivity contribution in [3.8, 4) is 0 Å². The third kappa shape index (κ3) is 9.16. The minimum Gasteiger partial charge on any atom is -0.381 e. The highest BCUT2D eigenvalue weighted by atomic mass is 16.5. The SMILES string of the molecule is C=C(CCOCCC)CCOCCN1CCOCC1. The molecule has 112 valence electrons. The molecule has 1 fully saturated rings. The van der Waals surface area contributed by atoms with Gasteiger partial charge in [-0.3, -0.25) is 4.90 Å². The highest BCUT2D eigenvalue weighted by Gasteiger charge is 2.09. The van der Waals surface area contributed by atoms with E-state index < -0.39 is 0 Å². The predicted octanol–water partition coefficient (Wildman–Crippen LogP) is 2.10. The van der Waals surface area contributed by atoms with Gasteiger partial charge in [0, 0.05) is 26.2 Å². The van der Waals surface area contributed by atoms with Crippen LogP contribution in [-0.4, -0.2) is 64.2 Å². The van der Waals surface area contributed by atoms with E-state index in [1.165, 1.54) is 5.57 Å². The van der Waals surface area contributed by atoms with Gasteiger partial charge in [-0.15, -0.1) is 0 Å². The highest BCUT2D eigenvalue weighted by molar-refractivity contribution is 4.93. The van der Waals surface area contributed by atoms with Gasteiger partial charge < -0.3 is 14.2 Å². The van der Waals surface area contributed by atoms with Gasteiger partial charge in [0.1, 0.15) is 0 Å². The predicted molar refractivity (Wildman–Crippen MR) is 77.6 cm³/mol. The first-order chi connectivity index (χ1) is 9.33. The molecular formula is C15H29NO3. The van der Waals surface area contributed by atoms with Crippen LogP contribution in [0.25, 0.3) is 0 Å². The van der Waals surface area contributed by atoms with Gasteiger partial charge >= 0.3 is 0 Å². The van der Waals surface area contributed by atoms with Crippen molar-refractivity contribution in [1.82, 2.24) is 4.90 Å². The Morgan fingerprint density at radius 2 is 1.68 bits per heavy atom. The van der Waals surface area contributed by atoms with E-state index in [4.69, 9.17) is 14.2 Å². The molecule has 1 heterocycles. The van der Waals surface area contributed by atoms with Crippen LogP contribution >= 0.6 is 0 Å². The van der Waals surface area contributed by atoms with Crippen LogP contribution in [0.15, 0.2) is 12.2 Å². The molecule has 0 amide bonds. The van der Waals surface area contributed by atoms with Gasteiger partial charge in [0.05, 0.1) is 33.0 Å². The summed E-state index contributed by atoms with van der Waals surface area (Å²) < 4.78 is 16.4. The number of ether oxygens (including phenoxy) is 3. The molecule has 1 aliphatic heterocycles. The molecule has 0 aliphatic carbocycles. The van der Waals surface area contributed by atoms with Crippen molar-refractivity contribution in [2.75, 3.05) is 59.3 Å². The summed E-state index contributed by atoms with van der Waals surface area (Å²) >= 11 is 0. The van der Waals surface area contributed by atoms with E-state index in [0.29, 0.717) is 0 Å². The normalized spacial score (nSPS) is 16.7. The van der Waals surface area contributed by atoms with E-state index in [1.54, 1.807) is 0 Å². The van der Waals surface area contributed by atoms with E-state index in [-0.39, 0.29) is 0 Å². The molecule has 4 heteroatoms. The number of hydrogen-bond donors (Lipinski definition) is 0. The van der Waals surface area contributed by atoms with Crippen molar-refractivity contribution in [1.29, 1.82) is 0 Å². The summed E-state index contributed by atoms with van der Waals surface area (Å²) in [7, 11) is 0. The first-order valence-electron chi connectivity index (χ1n) is 7.45.